The lowest BCUT2D eigenvalue weighted by Gasteiger charge is -2.26. The lowest BCUT2D eigenvalue weighted by molar-refractivity contribution is 0.0911. The van der Waals surface area contributed by atoms with Crippen LogP contribution in [0.15, 0.2) is 12.1 Å². The van der Waals surface area contributed by atoms with E-state index in [-0.39, 0.29) is 5.78 Å². The fourth-order valence-electron chi connectivity index (χ4n) is 3.14. The Morgan fingerprint density at radius 3 is 1.76 bits per heavy atom. The van der Waals surface area contributed by atoms with Crippen LogP contribution in [0.1, 0.15) is 54.7 Å². The Hall–Kier alpha value is -1.15. The molecule has 0 aliphatic carbocycles. The van der Waals surface area contributed by atoms with Gasteiger partial charge in [0.2, 0.25) is 0 Å². The van der Waals surface area contributed by atoms with Crippen LogP contribution in [-0.2, 0) is 0 Å². The highest BCUT2D eigenvalue weighted by molar-refractivity contribution is 6.00. The molecule has 2 nitrogen and oxygen atoms in total. The van der Waals surface area contributed by atoms with Crippen LogP contribution in [-0.4, -0.2) is 30.3 Å². The lowest BCUT2D eigenvalue weighted by Crippen LogP contribution is -2.36. The Morgan fingerprint density at radius 2 is 1.38 bits per heavy atom. The molecule has 0 heterocycles. The molecule has 118 valence electrons. The van der Waals surface area contributed by atoms with Crippen molar-refractivity contribution < 1.29 is 4.79 Å². The van der Waals surface area contributed by atoms with Gasteiger partial charge in [0, 0.05) is 18.7 Å². The molecule has 21 heavy (non-hydrogen) atoms. The molecule has 0 amide bonds. The third kappa shape index (κ3) is 5.62. The second kappa shape index (κ2) is 7.74. The summed E-state index contributed by atoms with van der Waals surface area (Å²) in [6.07, 6.45) is 0. The van der Waals surface area contributed by atoms with Gasteiger partial charge in [-0.05, 0) is 43.7 Å². The van der Waals surface area contributed by atoms with Gasteiger partial charge in [0.05, 0.1) is 6.54 Å². The normalized spacial score (nSPS) is 11.7. The number of carbonyl (C=O) groups is 1. The third-order valence-corrected chi connectivity index (χ3v) is 3.57. The maximum atomic E-state index is 12.7. The van der Waals surface area contributed by atoms with Crippen LogP contribution in [0, 0.1) is 32.6 Å². The van der Waals surface area contributed by atoms with E-state index < -0.39 is 0 Å². The first kappa shape index (κ1) is 17.9. The second-order valence-corrected chi connectivity index (χ2v) is 7.18. The number of rotatable bonds is 7. The number of hydrogen-bond donors (Lipinski definition) is 0. The van der Waals surface area contributed by atoms with E-state index in [1.807, 2.05) is 13.8 Å². The molecular weight excluding hydrogens is 258 g/mol. The summed E-state index contributed by atoms with van der Waals surface area (Å²) in [5.41, 5.74) is 4.35. The Morgan fingerprint density at radius 1 is 0.952 bits per heavy atom. The average molecular weight is 289 g/mol. The van der Waals surface area contributed by atoms with Crippen LogP contribution in [0.25, 0.3) is 0 Å². The molecule has 0 saturated heterocycles. The largest absolute Gasteiger partial charge is 0.295 e. The quantitative estimate of drug-likeness (QED) is 0.693. The van der Waals surface area contributed by atoms with Crippen molar-refractivity contribution in [1.82, 2.24) is 4.90 Å². The summed E-state index contributed by atoms with van der Waals surface area (Å²) in [5.74, 6) is 1.42. The number of hydrogen-bond acceptors (Lipinski definition) is 2. The molecule has 0 unspecified atom stereocenters. The highest BCUT2D eigenvalue weighted by Crippen LogP contribution is 2.18. The number of Topliss-reactive ketones (excluding diaryl/α,β-unsaturated/α-hetero) is 1. The maximum Gasteiger partial charge on any atom is 0.177 e. The lowest BCUT2D eigenvalue weighted by atomic mass is 9.96. The van der Waals surface area contributed by atoms with Gasteiger partial charge < -0.3 is 0 Å². The van der Waals surface area contributed by atoms with Crippen molar-refractivity contribution in [3.63, 3.8) is 0 Å². The van der Waals surface area contributed by atoms with Crippen LogP contribution in [0.5, 0.6) is 0 Å². The number of aryl methyl sites for hydroxylation is 3. The van der Waals surface area contributed by atoms with Crippen molar-refractivity contribution >= 4 is 5.78 Å². The molecule has 0 aromatic heterocycles. The van der Waals surface area contributed by atoms with Gasteiger partial charge in [0.25, 0.3) is 0 Å². The minimum Gasteiger partial charge on any atom is -0.295 e. The van der Waals surface area contributed by atoms with Crippen LogP contribution >= 0.6 is 0 Å². The number of ketones is 1. The minimum atomic E-state index is 0.256. The van der Waals surface area contributed by atoms with Gasteiger partial charge in [-0.25, -0.2) is 0 Å². The summed E-state index contributed by atoms with van der Waals surface area (Å²) in [6, 6.07) is 4.21. The average Bonchev–Trinajstić information content (AvgIpc) is 2.24. The van der Waals surface area contributed by atoms with Crippen molar-refractivity contribution in [2.45, 2.75) is 48.5 Å². The molecule has 1 rings (SSSR count). The zero-order valence-corrected chi connectivity index (χ0v) is 14.8. The predicted octanol–water partition coefficient (Wildman–Crippen LogP) is 4.41. The van der Waals surface area contributed by atoms with Gasteiger partial charge in [-0.3, -0.25) is 9.69 Å². The van der Waals surface area contributed by atoms with E-state index in [2.05, 4.69) is 51.7 Å². The van der Waals surface area contributed by atoms with E-state index in [1.165, 1.54) is 5.56 Å². The van der Waals surface area contributed by atoms with E-state index in [1.54, 1.807) is 0 Å². The Balaban J connectivity index is 2.91. The molecule has 2 heteroatoms. The summed E-state index contributed by atoms with van der Waals surface area (Å²) in [5, 5.41) is 0. The predicted molar refractivity (Wildman–Crippen MR) is 91.1 cm³/mol. The molecule has 0 aliphatic heterocycles. The molecule has 0 saturated carbocycles. The van der Waals surface area contributed by atoms with Gasteiger partial charge >= 0.3 is 0 Å². The first-order chi connectivity index (χ1) is 9.70. The highest BCUT2D eigenvalue weighted by Gasteiger charge is 2.18. The Labute approximate surface area is 130 Å². The summed E-state index contributed by atoms with van der Waals surface area (Å²) in [7, 11) is 0. The zero-order valence-electron chi connectivity index (χ0n) is 14.8. The smallest absolute Gasteiger partial charge is 0.177 e. The molecule has 0 aliphatic rings. The molecular formula is C19H31NO. The number of nitrogens with zero attached hydrogens (tertiary/aromatic N) is 1. The maximum absolute atomic E-state index is 12.7. The molecule has 0 spiro atoms. The fraction of sp³-hybridized carbons (Fsp3) is 0.632. The van der Waals surface area contributed by atoms with Crippen LogP contribution in [0.2, 0.25) is 0 Å². The number of carbonyl (C=O) groups excluding carboxylic acids is 1. The van der Waals surface area contributed by atoms with Gasteiger partial charge in [0.1, 0.15) is 0 Å². The van der Waals surface area contributed by atoms with Gasteiger partial charge in [-0.15, -0.1) is 0 Å². The van der Waals surface area contributed by atoms with Crippen LogP contribution in [0.4, 0.5) is 0 Å². The Bertz CT molecular complexity index is 455. The van der Waals surface area contributed by atoms with Crippen molar-refractivity contribution in [2.75, 3.05) is 19.6 Å². The van der Waals surface area contributed by atoms with Crippen molar-refractivity contribution in [3.05, 3.63) is 34.4 Å². The molecule has 0 bridgehead atoms. The summed E-state index contributed by atoms with van der Waals surface area (Å²) < 4.78 is 0. The number of benzene rings is 1. The van der Waals surface area contributed by atoms with Crippen molar-refractivity contribution in [2.24, 2.45) is 11.8 Å². The van der Waals surface area contributed by atoms with Crippen molar-refractivity contribution in [3.8, 4) is 0 Å². The van der Waals surface area contributed by atoms with Gasteiger partial charge in [0.15, 0.2) is 5.78 Å². The monoisotopic (exact) mass is 289 g/mol. The minimum absolute atomic E-state index is 0.256. The SMILES string of the molecule is Cc1cc(C)c(C(=O)CN(CC(C)C)CC(C)C)c(C)c1. The summed E-state index contributed by atoms with van der Waals surface area (Å²) in [6.45, 7) is 17.5. The topological polar surface area (TPSA) is 20.3 Å². The third-order valence-electron chi connectivity index (χ3n) is 3.57. The molecule has 1 aromatic carbocycles. The first-order valence-electron chi connectivity index (χ1n) is 8.04. The van der Waals surface area contributed by atoms with E-state index >= 15 is 0 Å². The molecule has 0 atom stereocenters. The van der Waals surface area contributed by atoms with Gasteiger partial charge in [-0.1, -0.05) is 45.4 Å². The standard InChI is InChI=1S/C19H31NO/c1-13(2)10-20(11-14(3)4)12-18(21)19-16(6)8-15(5)9-17(19)7/h8-9,13-14H,10-12H2,1-7H3. The Kier molecular flexibility index (Phi) is 6.60. The fourth-order valence-corrected chi connectivity index (χ4v) is 3.14. The molecule has 0 radical (unpaired) electrons. The van der Waals surface area contributed by atoms with E-state index in [0.717, 1.165) is 29.8 Å². The van der Waals surface area contributed by atoms with Crippen LogP contribution < -0.4 is 0 Å². The summed E-state index contributed by atoms with van der Waals surface area (Å²) in [4.78, 5) is 15.0. The zero-order chi connectivity index (χ0) is 16.2. The summed E-state index contributed by atoms with van der Waals surface area (Å²) >= 11 is 0. The van der Waals surface area contributed by atoms with E-state index in [9.17, 15) is 4.79 Å². The van der Waals surface area contributed by atoms with Gasteiger partial charge in [-0.2, -0.15) is 0 Å². The van der Waals surface area contributed by atoms with Crippen LogP contribution in [0.3, 0.4) is 0 Å². The first-order valence-corrected chi connectivity index (χ1v) is 8.04. The van der Waals surface area contributed by atoms with E-state index in [0.29, 0.717) is 18.4 Å². The second-order valence-electron chi connectivity index (χ2n) is 7.18. The molecule has 0 N–H and O–H groups in total. The van der Waals surface area contributed by atoms with E-state index in [4.69, 9.17) is 0 Å². The van der Waals surface area contributed by atoms with Crippen molar-refractivity contribution in [1.29, 1.82) is 0 Å². The molecule has 0 fully saturated rings. The highest BCUT2D eigenvalue weighted by atomic mass is 16.1. The molecule has 1 aromatic rings.